The molecule has 0 aromatic heterocycles. The molecule has 19 heavy (non-hydrogen) atoms. The first-order valence-electron chi connectivity index (χ1n) is 5.97. The fourth-order valence-electron chi connectivity index (χ4n) is 2.03. The molecule has 2 aromatic carbocycles. The molecular formula is C15H14BrClFN. The van der Waals surface area contributed by atoms with Gasteiger partial charge in [0.2, 0.25) is 0 Å². The highest BCUT2D eigenvalue weighted by Gasteiger charge is 2.14. The van der Waals surface area contributed by atoms with Crippen molar-refractivity contribution in [2.24, 2.45) is 0 Å². The normalized spacial score (nSPS) is 12.4. The second kappa shape index (κ2) is 6.51. The van der Waals surface area contributed by atoms with Crippen molar-refractivity contribution in [2.75, 3.05) is 7.05 Å². The van der Waals surface area contributed by atoms with Gasteiger partial charge >= 0.3 is 0 Å². The Morgan fingerprint density at radius 3 is 2.63 bits per heavy atom. The van der Waals surface area contributed by atoms with Crippen LogP contribution in [0.5, 0.6) is 0 Å². The van der Waals surface area contributed by atoms with Crippen LogP contribution in [0.15, 0.2) is 46.9 Å². The smallest absolute Gasteiger partial charge is 0.124 e. The first kappa shape index (κ1) is 14.5. The lowest BCUT2D eigenvalue weighted by molar-refractivity contribution is 0.587. The van der Waals surface area contributed by atoms with Gasteiger partial charge in [-0.05, 0) is 42.8 Å². The summed E-state index contributed by atoms with van der Waals surface area (Å²) in [5, 5.41) is 3.73. The average Bonchev–Trinajstić information content (AvgIpc) is 2.39. The van der Waals surface area contributed by atoms with Crippen LogP contribution in [0.1, 0.15) is 17.2 Å². The summed E-state index contributed by atoms with van der Waals surface area (Å²) < 4.78 is 14.1. The average molecular weight is 343 g/mol. The van der Waals surface area contributed by atoms with Crippen LogP contribution in [0.25, 0.3) is 0 Å². The fraction of sp³-hybridized carbons (Fsp3) is 0.200. The predicted molar refractivity (Wildman–Crippen MR) is 81.1 cm³/mol. The topological polar surface area (TPSA) is 12.0 Å². The number of nitrogens with one attached hydrogen (secondary N) is 1. The number of likely N-dealkylation sites (N-methyl/N-ethyl adjacent to an activating group) is 1. The molecule has 2 aromatic rings. The Balaban J connectivity index is 2.27. The maximum Gasteiger partial charge on any atom is 0.124 e. The summed E-state index contributed by atoms with van der Waals surface area (Å²) in [7, 11) is 1.90. The Hall–Kier alpha value is -0.900. The molecule has 0 saturated heterocycles. The number of rotatable bonds is 4. The summed E-state index contributed by atoms with van der Waals surface area (Å²) in [6, 6.07) is 12.7. The van der Waals surface area contributed by atoms with Crippen molar-refractivity contribution in [3.8, 4) is 0 Å². The molecule has 0 aliphatic heterocycles. The minimum atomic E-state index is -0.310. The predicted octanol–water partition coefficient (Wildman–Crippen LogP) is 4.74. The van der Waals surface area contributed by atoms with Crippen LogP contribution in [0.4, 0.5) is 4.39 Å². The molecule has 0 heterocycles. The third kappa shape index (κ3) is 3.56. The Morgan fingerprint density at radius 1 is 1.26 bits per heavy atom. The van der Waals surface area contributed by atoms with E-state index in [9.17, 15) is 4.39 Å². The molecule has 1 unspecified atom stereocenters. The Bertz CT molecular complexity index is 574. The van der Waals surface area contributed by atoms with Gasteiger partial charge in [0.15, 0.2) is 0 Å². The molecule has 0 saturated carbocycles. The van der Waals surface area contributed by atoms with Crippen molar-refractivity contribution in [1.82, 2.24) is 5.32 Å². The molecule has 1 nitrogen and oxygen atoms in total. The van der Waals surface area contributed by atoms with Gasteiger partial charge in [-0.3, -0.25) is 0 Å². The van der Waals surface area contributed by atoms with Crippen molar-refractivity contribution in [3.05, 3.63) is 68.9 Å². The summed E-state index contributed by atoms with van der Waals surface area (Å²) in [5.41, 5.74) is 2.09. The van der Waals surface area contributed by atoms with E-state index in [1.807, 2.05) is 25.2 Å². The van der Waals surface area contributed by atoms with E-state index >= 15 is 0 Å². The zero-order chi connectivity index (χ0) is 13.8. The summed E-state index contributed by atoms with van der Waals surface area (Å²) >= 11 is 9.63. The van der Waals surface area contributed by atoms with Gasteiger partial charge in [0, 0.05) is 15.5 Å². The van der Waals surface area contributed by atoms with E-state index in [0.717, 1.165) is 15.6 Å². The summed E-state index contributed by atoms with van der Waals surface area (Å²) in [4.78, 5) is 0. The Labute approximate surface area is 125 Å². The van der Waals surface area contributed by atoms with Gasteiger partial charge in [0.1, 0.15) is 5.82 Å². The molecule has 100 valence electrons. The van der Waals surface area contributed by atoms with Crippen LogP contribution in [-0.2, 0) is 6.42 Å². The lowest BCUT2D eigenvalue weighted by atomic mass is 9.99. The second-order valence-corrected chi connectivity index (χ2v) is 5.56. The van der Waals surface area contributed by atoms with Gasteiger partial charge in [-0.2, -0.15) is 0 Å². The molecule has 0 amide bonds. The molecule has 0 spiro atoms. The van der Waals surface area contributed by atoms with E-state index in [1.165, 1.54) is 12.1 Å². The van der Waals surface area contributed by atoms with Gasteiger partial charge in [-0.25, -0.2) is 4.39 Å². The van der Waals surface area contributed by atoms with Crippen LogP contribution in [0.2, 0.25) is 5.02 Å². The minimum absolute atomic E-state index is 0.124. The van der Waals surface area contributed by atoms with Gasteiger partial charge in [-0.15, -0.1) is 0 Å². The maximum atomic E-state index is 13.0. The van der Waals surface area contributed by atoms with Gasteiger partial charge in [0.25, 0.3) is 0 Å². The quantitative estimate of drug-likeness (QED) is 0.846. The van der Waals surface area contributed by atoms with Gasteiger partial charge in [0.05, 0.1) is 0 Å². The van der Waals surface area contributed by atoms with Gasteiger partial charge in [-0.1, -0.05) is 51.8 Å². The van der Waals surface area contributed by atoms with Crippen LogP contribution in [0, 0.1) is 5.82 Å². The molecule has 0 aliphatic carbocycles. The van der Waals surface area contributed by atoms with Gasteiger partial charge < -0.3 is 5.32 Å². The molecule has 0 radical (unpaired) electrons. The van der Waals surface area contributed by atoms with Crippen molar-refractivity contribution in [3.63, 3.8) is 0 Å². The van der Waals surface area contributed by atoms with Crippen LogP contribution in [0.3, 0.4) is 0 Å². The minimum Gasteiger partial charge on any atom is -0.313 e. The van der Waals surface area contributed by atoms with E-state index in [2.05, 4.69) is 27.3 Å². The van der Waals surface area contributed by atoms with E-state index in [1.54, 1.807) is 6.07 Å². The van der Waals surface area contributed by atoms with Crippen molar-refractivity contribution in [1.29, 1.82) is 0 Å². The number of hydrogen-bond donors (Lipinski definition) is 1. The molecule has 0 fully saturated rings. The second-order valence-electron chi connectivity index (χ2n) is 4.30. The SMILES string of the molecule is CNC(Cc1ccc(F)cc1Cl)c1ccccc1Br. The highest BCUT2D eigenvalue weighted by atomic mass is 79.9. The van der Waals surface area contributed by atoms with E-state index in [4.69, 9.17) is 11.6 Å². The molecule has 0 aliphatic rings. The highest BCUT2D eigenvalue weighted by molar-refractivity contribution is 9.10. The van der Waals surface area contributed by atoms with E-state index in [-0.39, 0.29) is 11.9 Å². The highest BCUT2D eigenvalue weighted by Crippen LogP contribution is 2.28. The molecule has 1 N–H and O–H groups in total. The Morgan fingerprint density at radius 2 is 2.00 bits per heavy atom. The van der Waals surface area contributed by atoms with E-state index in [0.29, 0.717) is 11.4 Å². The van der Waals surface area contributed by atoms with Crippen molar-refractivity contribution >= 4 is 27.5 Å². The van der Waals surface area contributed by atoms with Crippen molar-refractivity contribution in [2.45, 2.75) is 12.5 Å². The standard InChI is InChI=1S/C15H14BrClFN/c1-19-15(12-4-2-3-5-13(12)16)8-10-6-7-11(18)9-14(10)17/h2-7,9,15,19H,8H2,1H3. The molecule has 0 bridgehead atoms. The lowest BCUT2D eigenvalue weighted by Crippen LogP contribution is -2.19. The zero-order valence-corrected chi connectivity index (χ0v) is 12.8. The molecule has 4 heteroatoms. The fourth-order valence-corrected chi connectivity index (χ4v) is 2.84. The maximum absolute atomic E-state index is 13.0. The summed E-state index contributed by atoms with van der Waals surface area (Å²) in [6.45, 7) is 0. The first-order chi connectivity index (χ1) is 9.11. The van der Waals surface area contributed by atoms with Crippen LogP contribution < -0.4 is 5.32 Å². The monoisotopic (exact) mass is 341 g/mol. The molecule has 1 atom stereocenters. The Kier molecular flexibility index (Phi) is 4.97. The molecular weight excluding hydrogens is 329 g/mol. The van der Waals surface area contributed by atoms with E-state index < -0.39 is 0 Å². The van der Waals surface area contributed by atoms with Crippen LogP contribution >= 0.6 is 27.5 Å². The number of benzene rings is 2. The zero-order valence-electron chi connectivity index (χ0n) is 10.5. The van der Waals surface area contributed by atoms with Crippen LogP contribution in [-0.4, -0.2) is 7.05 Å². The third-order valence-corrected chi connectivity index (χ3v) is 4.14. The summed E-state index contributed by atoms with van der Waals surface area (Å²) in [6.07, 6.45) is 0.707. The summed E-state index contributed by atoms with van der Waals surface area (Å²) in [5.74, 6) is -0.310. The number of halogens is 3. The molecule has 2 rings (SSSR count). The lowest BCUT2D eigenvalue weighted by Gasteiger charge is -2.19. The number of hydrogen-bond acceptors (Lipinski definition) is 1. The third-order valence-electron chi connectivity index (χ3n) is 3.07. The first-order valence-corrected chi connectivity index (χ1v) is 7.14. The largest absolute Gasteiger partial charge is 0.313 e. The van der Waals surface area contributed by atoms with Crippen molar-refractivity contribution < 1.29 is 4.39 Å².